The first-order chi connectivity index (χ1) is 9.24. The van der Waals surface area contributed by atoms with Gasteiger partial charge in [0, 0.05) is 12.2 Å². The van der Waals surface area contributed by atoms with Gasteiger partial charge in [-0.3, -0.25) is 9.78 Å². The Hall–Kier alpha value is -1.29. The fourth-order valence-corrected chi connectivity index (χ4v) is 2.66. The van der Waals surface area contributed by atoms with Crippen molar-refractivity contribution < 1.29 is 4.79 Å². The van der Waals surface area contributed by atoms with Crippen molar-refractivity contribution >= 4 is 24.0 Å². The van der Waals surface area contributed by atoms with Crippen molar-refractivity contribution in [3.05, 3.63) is 24.0 Å². The van der Waals surface area contributed by atoms with Crippen molar-refractivity contribution in [1.82, 2.24) is 10.3 Å². The van der Waals surface area contributed by atoms with Gasteiger partial charge in [0.25, 0.3) is 0 Å². The third-order valence-corrected chi connectivity index (χ3v) is 3.79. The van der Waals surface area contributed by atoms with Crippen LogP contribution in [0, 0.1) is 5.92 Å². The molecule has 0 atom stereocenters. The maximum Gasteiger partial charge on any atom is 0.226 e. The summed E-state index contributed by atoms with van der Waals surface area (Å²) in [5, 5.41) is 2.98. The predicted octanol–water partition coefficient (Wildman–Crippen LogP) is 2.71. The smallest absolute Gasteiger partial charge is 0.226 e. The number of nitrogens with one attached hydrogen (secondary N) is 1. The van der Waals surface area contributed by atoms with Gasteiger partial charge >= 0.3 is 0 Å². The van der Waals surface area contributed by atoms with Gasteiger partial charge in [0.15, 0.2) is 0 Å². The average molecular weight is 298 g/mol. The van der Waals surface area contributed by atoms with Gasteiger partial charge in [-0.25, -0.2) is 0 Å². The Morgan fingerprint density at radius 3 is 2.70 bits per heavy atom. The second kappa shape index (κ2) is 8.80. The molecule has 112 valence electrons. The molecule has 0 aliphatic heterocycles. The van der Waals surface area contributed by atoms with Crippen LogP contribution in [-0.4, -0.2) is 17.4 Å². The number of nitrogens with two attached hydrogens (primary N) is 1. The molecule has 0 saturated heterocycles. The van der Waals surface area contributed by atoms with Crippen molar-refractivity contribution in [2.45, 2.75) is 44.9 Å². The van der Waals surface area contributed by atoms with Crippen molar-refractivity contribution in [3.8, 4) is 0 Å². The van der Waals surface area contributed by atoms with Crippen LogP contribution in [0.15, 0.2) is 18.3 Å². The molecule has 1 heterocycles. The lowest BCUT2D eigenvalue weighted by molar-refractivity contribution is -0.120. The molecule has 0 radical (unpaired) electrons. The van der Waals surface area contributed by atoms with E-state index >= 15 is 0 Å². The molecule has 1 aromatic rings. The van der Waals surface area contributed by atoms with Crippen LogP contribution >= 0.6 is 12.4 Å². The van der Waals surface area contributed by atoms with Crippen LogP contribution in [-0.2, 0) is 11.2 Å². The number of carbonyl (C=O) groups is 1. The number of hydrogen-bond donors (Lipinski definition) is 2. The number of nitrogen functional groups attached to an aromatic ring is 1. The largest absolute Gasteiger partial charge is 0.397 e. The highest BCUT2D eigenvalue weighted by Crippen LogP contribution is 2.25. The lowest BCUT2D eigenvalue weighted by atomic mass is 9.87. The molecular formula is C15H24ClN3O. The highest BCUT2D eigenvalue weighted by atomic mass is 35.5. The van der Waals surface area contributed by atoms with Gasteiger partial charge in [-0.15, -0.1) is 12.4 Å². The summed E-state index contributed by atoms with van der Waals surface area (Å²) in [5.74, 6) is 0.858. The SMILES string of the molecule is Cl.Nc1ccc(CC(=O)NCCC2CCCCC2)nc1. The number of amides is 1. The lowest BCUT2D eigenvalue weighted by Gasteiger charge is -2.21. The van der Waals surface area contributed by atoms with Gasteiger partial charge in [-0.05, 0) is 24.5 Å². The number of rotatable bonds is 5. The quantitative estimate of drug-likeness (QED) is 0.878. The Morgan fingerprint density at radius 1 is 1.30 bits per heavy atom. The summed E-state index contributed by atoms with van der Waals surface area (Å²) in [6.45, 7) is 0.790. The van der Waals surface area contributed by atoms with Crippen molar-refractivity contribution in [1.29, 1.82) is 0 Å². The van der Waals surface area contributed by atoms with E-state index in [2.05, 4.69) is 10.3 Å². The molecule has 1 saturated carbocycles. The minimum absolute atomic E-state index is 0. The van der Waals surface area contributed by atoms with Gasteiger partial charge in [-0.2, -0.15) is 0 Å². The minimum atomic E-state index is 0. The number of hydrogen-bond acceptors (Lipinski definition) is 3. The summed E-state index contributed by atoms with van der Waals surface area (Å²) in [6, 6.07) is 3.58. The van der Waals surface area contributed by atoms with E-state index in [9.17, 15) is 4.79 Å². The summed E-state index contributed by atoms with van der Waals surface area (Å²) >= 11 is 0. The summed E-state index contributed by atoms with van der Waals surface area (Å²) in [6.07, 6.45) is 9.79. The zero-order valence-corrected chi connectivity index (χ0v) is 12.6. The van der Waals surface area contributed by atoms with Crippen LogP contribution in [0.2, 0.25) is 0 Å². The monoisotopic (exact) mass is 297 g/mol. The minimum Gasteiger partial charge on any atom is -0.397 e. The molecule has 4 nitrogen and oxygen atoms in total. The summed E-state index contributed by atoms with van der Waals surface area (Å²) < 4.78 is 0. The van der Waals surface area contributed by atoms with Gasteiger partial charge in [0.2, 0.25) is 5.91 Å². The van der Waals surface area contributed by atoms with E-state index in [1.807, 2.05) is 0 Å². The number of halogens is 1. The molecule has 1 amide bonds. The maximum atomic E-state index is 11.8. The third-order valence-electron chi connectivity index (χ3n) is 3.79. The van der Waals surface area contributed by atoms with Gasteiger partial charge in [0.05, 0.1) is 18.3 Å². The lowest BCUT2D eigenvalue weighted by Crippen LogP contribution is -2.28. The Morgan fingerprint density at radius 2 is 2.05 bits per heavy atom. The van der Waals surface area contributed by atoms with E-state index in [-0.39, 0.29) is 18.3 Å². The Balaban J connectivity index is 0.00000200. The van der Waals surface area contributed by atoms with Gasteiger partial charge in [0.1, 0.15) is 0 Å². The topological polar surface area (TPSA) is 68.0 Å². The Kier molecular flexibility index (Phi) is 7.37. The predicted molar refractivity (Wildman–Crippen MR) is 83.8 cm³/mol. The van der Waals surface area contributed by atoms with Gasteiger partial charge < -0.3 is 11.1 Å². The first kappa shape index (κ1) is 16.8. The molecule has 0 aromatic carbocycles. The van der Waals surface area contributed by atoms with E-state index in [1.165, 1.54) is 32.1 Å². The van der Waals surface area contributed by atoms with Crippen LogP contribution in [0.3, 0.4) is 0 Å². The second-order valence-corrected chi connectivity index (χ2v) is 5.40. The molecular weight excluding hydrogens is 274 g/mol. The van der Waals surface area contributed by atoms with Crippen LogP contribution in [0.5, 0.6) is 0 Å². The van der Waals surface area contributed by atoms with E-state index in [0.29, 0.717) is 12.1 Å². The summed E-state index contributed by atoms with van der Waals surface area (Å²) in [7, 11) is 0. The van der Waals surface area contributed by atoms with Crippen LogP contribution in [0.1, 0.15) is 44.2 Å². The number of pyridine rings is 1. The summed E-state index contributed by atoms with van der Waals surface area (Å²) in [5.41, 5.74) is 6.95. The summed E-state index contributed by atoms with van der Waals surface area (Å²) in [4.78, 5) is 15.9. The molecule has 1 aromatic heterocycles. The molecule has 0 spiro atoms. The third kappa shape index (κ3) is 5.78. The molecule has 5 heteroatoms. The molecule has 20 heavy (non-hydrogen) atoms. The molecule has 2 rings (SSSR count). The number of nitrogens with zero attached hydrogens (tertiary/aromatic N) is 1. The van der Waals surface area contributed by atoms with Crippen molar-refractivity contribution in [2.75, 3.05) is 12.3 Å². The first-order valence-corrected chi connectivity index (χ1v) is 7.21. The second-order valence-electron chi connectivity index (χ2n) is 5.40. The average Bonchev–Trinajstić information content (AvgIpc) is 2.43. The Bertz CT molecular complexity index is 402. The highest BCUT2D eigenvalue weighted by Gasteiger charge is 2.13. The zero-order valence-electron chi connectivity index (χ0n) is 11.8. The standard InChI is InChI=1S/C15H23N3O.ClH/c16-13-6-7-14(18-11-13)10-15(19)17-9-8-12-4-2-1-3-5-12;/h6-7,11-12H,1-5,8-10,16H2,(H,17,19);1H. The molecule has 0 bridgehead atoms. The maximum absolute atomic E-state index is 11.8. The number of aromatic nitrogens is 1. The van der Waals surface area contributed by atoms with E-state index < -0.39 is 0 Å². The van der Waals surface area contributed by atoms with Gasteiger partial charge in [-0.1, -0.05) is 32.1 Å². The van der Waals surface area contributed by atoms with E-state index in [1.54, 1.807) is 18.3 Å². The van der Waals surface area contributed by atoms with Crippen LogP contribution in [0.4, 0.5) is 5.69 Å². The van der Waals surface area contributed by atoms with E-state index in [0.717, 1.165) is 24.6 Å². The molecule has 3 N–H and O–H groups in total. The molecule has 0 unspecified atom stereocenters. The van der Waals surface area contributed by atoms with Crippen molar-refractivity contribution in [2.24, 2.45) is 5.92 Å². The van der Waals surface area contributed by atoms with Crippen LogP contribution < -0.4 is 11.1 Å². The Labute approximate surface area is 126 Å². The van der Waals surface area contributed by atoms with Crippen molar-refractivity contribution in [3.63, 3.8) is 0 Å². The van der Waals surface area contributed by atoms with E-state index in [4.69, 9.17) is 5.73 Å². The fourth-order valence-electron chi connectivity index (χ4n) is 2.66. The fraction of sp³-hybridized carbons (Fsp3) is 0.600. The highest BCUT2D eigenvalue weighted by molar-refractivity contribution is 5.85. The first-order valence-electron chi connectivity index (χ1n) is 7.21. The van der Waals surface area contributed by atoms with Crippen LogP contribution in [0.25, 0.3) is 0 Å². The number of anilines is 1. The molecule has 1 aliphatic carbocycles. The molecule has 1 aliphatic rings. The zero-order chi connectivity index (χ0) is 13.5. The normalized spacial score (nSPS) is 15.4. The number of carbonyl (C=O) groups excluding carboxylic acids is 1. The molecule has 1 fully saturated rings.